The van der Waals surface area contributed by atoms with Gasteiger partial charge < -0.3 is 41.9 Å². The highest BCUT2D eigenvalue weighted by atomic mass is 16.4. The molecule has 5 atom stereocenters. The summed E-state index contributed by atoms with van der Waals surface area (Å²) in [6.45, 7) is 3.71. The Bertz CT molecular complexity index is 1930. The van der Waals surface area contributed by atoms with Gasteiger partial charge in [0.2, 0.25) is 17.7 Å². The number of benzene rings is 3. The molecule has 0 fully saturated rings. The van der Waals surface area contributed by atoms with E-state index in [4.69, 9.17) is 5.73 Å². The highest BCUT2D eigenvalue weighted by molar-refractivity contribution is 5.95. The standard InChI is InChI=1S/C37H42N6O6/c1-3-21(2)33(43-34(45)28(38)17-23-19-39-29-10-6-4-8-26(23)29)36(47)41-31(18-24-20-40-30-11-7-5-9-27(24)30)35(46)42-32(37(48)49)16-22-12-14-25(44)15-13-22/h4-15,19-21,28,31-33,39-40,44H,3,16-18,38H2,1-2H3,(H,41,47)(H,42,46)(H,43,45)(H,48,49). The van der Waals surface area contributed by atoms with Crippen molar-refractivity contribution in [2.75, 3.05) is 0 Å². The van der Waals surface area contributed by atoms with Gasteiger partial charge in [0.25, 0.3) is 0 Å². The van der Waals surface area contributed by atoms with E-state index in [9.17, 15) is 29.4 Å². The Morgan fingerprint density at radius 3 is 1.84 bits per heavy atom. The maximum atomic E-state index is 13.9. The Balaban J connectivity index is 1.35. The molecule has 0 spiro atoms. The van der Waals surface area contributed by atoms with Crippen LogP contribution in [0.2, 0.25) is 0 Å². The van der Waals surface area contributed by atoms with Crippen LogP contribution in [0.15, 0.2) is 85.2 Å². The van der Waals surface area contributed by atoms with Gasteiger partial charge in [-0.25, -0.2) is 4.79 Å². The molecule has 0 bridgehead atoms. The quantitative estimate of drug-likeness (QED) is 0.0837. The minimum atomic E-state index is -1.31. The summed E-state index contributed by atoms with van der Waals surface area (Å²) in [6, 6.07) is 16.8. The number of aromatic hydroxyl groups is 1. The molecular weight excluding hydrogens is 624 g/mol. The van der Waals surface area contributed by atoms with Crippen LogP contribution in [0.1, 0.15) is 37.0 Å². The van der Waals surface area contributed by atoms with E-state index in [1.807, 2.05) is 68.6 Å². The fourth-order valence-corrected chi connectivity index (χ4v) is 5.92. The highest BCUT2D eigenvalue weighted by Gasteiger charge is 2.33. The molecule has 0 radical (unpaired) electrons. The number of carbonyl (C=O) groups is 4. The average molecular weight is 667 g/mol. The zero-order chi connectivity index (χ0) is 35.1. The third kappa shape index (κ3) is 8.46. The average Bonchev–Trinajstić information content (AvgIpc) is 3.70. The minimum Gasteiger partial charge on any atom is -0.508 e. The maximum absolute atomic E-state index is 13.9. The molecule has 5 aromatic rings. The molecular formula is C37H42N6O6. The lowest BCUT2D eigenvalue weighted by molar-refractivity contribution is -0.142. The Labute approximate surface area is 283 Å². The number of nitrogens with two attached hydrogens (primary N) is 1. The number of carboxylic acids is 1. The van der Waals surface area contributed by atoms with Gasteiger partial charge in [-0.1, -0.05) is 68.8 Å². The first-order chi connectivity index (χ1) is 23.5. The fraction of sp³-hybridized carbons (Fsp3) is 0.297. The van der Waals surface area contributed by atoms with Crippen LogP contribution in [-0.4, -0.2) is 68.0 Å². The van der Waals surface area contributed by atoms with Gasteiger partial charge in [-0.3, -0.25) is 14.4 Å². The van der Waals surface area contributed by atoms with Crippen LogP contribution >= 0.6 is 0 Å². The zero-order valence-electron chi connectivity index (χ0n) is 27.4. The zero-order valence-corrected chi connectivity index (χ0v) is 27.4. The van der Waals surface area contributed by atoms with E-state index in [1.54, 1.807) is 18.3 Å². The predicted octanol–water partition coefficient (Wildman–Crippen LogP) is 3.30. The number of amides is 3. The normalized spacial score (nSPS) is 14.4. The van der Waals surface area contributed by atoms with Crippen molar-refractivity contribution in [3.63, 3.8) is 0 Å². The Kier molecular flexibility index (Phi) is 11.0. The number of carboxylic acid groups (broad SMARTS) is 1. The largest absolute Gasteiger partial charge is 0.508 e. The Morgan fingerprint density at radius 2 is 1.27 bits per heavy atom. The molecule has 12 heteroatoms. The second kappa shape index (κ2) is 15.5. The lowest BCUT2D eigenvalue weighted by Crippen LogP contribution is -2.59. The van der Waals surface area contributed by atoms with E-state index in [1.165, 1.54) is 12.1 Å². The van der Waals surface area contributed by atoms with Gasteiger partial charge in [0.1, 0.15) is 23.9 Å². The van der Waals surface area contributed by atoms with E-state index < -0.39 is 47.9 Å². The number of fused-ring (bicyclic) bond motifs is 2. The highest BCUT2D eigenvalue weighted by Crippen LogP contribution is 2.21. The Hall–Kier alpha value is -5.62. The summed E-state index contributed by atoms with van der Waals surface area (Å²) in [4.78, 5) is 59.7. The number of rotatable bonds is 15. The van der Waals surface area contributed by atoms with Crippen LogP contribution in [0.5, 0.6) is 5.75 Å². The second-order valence-electron chi connectivity index (χ2n) is 12.4. The number of hydrogen-bond donors (Lipinski definition) is 8. The number of aromatic nitrogens is 2. The van der Waals surface area contributed by atoms with Crippen molar-refractivity contribution in [1.29, 1.82) is 0 Å². The van der Waals surface area contributed by atoms with E-state index in [2.05, 4.69) is 25.9 Å². The molecule has 49 heavy (non-hydrogen) atoms. The molecule has 12 nitrogen and oxygen atoms in total. The predicted molar refractivity (Wildman–Crippen MR) is 187 cm³/mol. The fourth-order valence-electron chi connectivity index (χ4n) is 5.92. The molecule has 9 N–H and O–H groups in total. The van der Waals surface area contributed by atoms with Crippen LogP contribution in [0.3, 0.4) is 0 Å². The SMILES string of the molecule is CCC(C)C(NC(=O)C(N)Cc1c[nH]c2ccccc12)C(=O)NC(Cc1c[nH]c2ccccc12)C(=O)NC(Cc1ccc(O)cc1)C(=O)O. The number of phenolic OH excluding ortho intramolecular Hbond substituents is 1. The summed E-state index contributed by atoms with van der Waals surface area (Å²) < 4.78 is 0. The molecule has 0 saturated carbocycles. The van der Waals surface area contributed by atoms with Crippen LogP contribution in [0.25, 0.3) is 21.8 Å². The maximum Gasteiger partial charge on any atom is 0.326 e. The molecule has 0 saturated heterocycles. The van der Waals surface area contributed by atoms with Crippen molar-refractivity contribution >= 4 is 45.5 Å². The van der Waals surface area contributed by atoms with Crippen molar-refractivity contribution < 1.29 is 29.4 Å². The smallest absolute Gasteiger partial charge is 0.326 e. The van der Waals surface area contributed by atoms with Gasteiger partial charge in [-0.2, -0.15) is 0 Å². The minimum absolute atomic E-state index is 0.0306. The molecule has 3 amide bonds. The molecule has 256 valence electrons. The van der Waals surface area contributed by atoms with Gasteiger partial charge in [-0.05, 0) is 53.3 Å². The number of aromatic amines is 2. The van der Waals surface area contributed by atoms with Crippen LogP contribution in [-0.2, 0) is 38.4 Å². The van der Waals surface area contributed by atoms with E-state index >= 15 is 0 Å². The lowest BCUT2D eigenvalue weighted by atomic mass is 9.96. The number of nitrogens with one attached hydrogen (secondary N) is 5. The summed E-state index contributed by atoms with van der Waals surface area (Å²) in [7, 11) is 0. The second-order valence-corrected chi connectivity index (χ2v) is 12.4. The van der Waals surface area contributed by atoms with Gasteiger partial charge in [0.15, 0.2) is 0 Å². The third-order valence-electron chi connectivity index (χ3n) is 8.97. The summed E-state index contributed by atoms with van der Waals surface area (Å²) in [5, 5.41) is 29.6. The number of para-hydroxylation sites is 2. The topological polar surface area (TPSA) is 202 Å². The van der Waals surface area contributed by atoms with Crippen molar-refractivity contribution in [3.8, 4) is 5.75 Å². The van der Waals surface area contributed by atoms with Gasteiger partial charge in [-0.15, -0.1) is 0 Å². The number of aliphatic carboxylic acids is 1. The van der Waals surface area contributed by atoms with Crippen LogP contribution < -0.4 is 21.7 Å². The molecule has 2 heterocycles. The molecule has 5 rings (SSSR count). The molecule has 5 unspecified atom stereocenters. The molecule has 2 aromatic heterocycles. The summed E-state index contributed by atoms with van der Waals surface area (Å²) in [5.41, 5.74) is 10.3. The third-order valence-corrected chi connectivity index (χ3v) is 8.97. The number of H-pyrrole nitrogens is 2. The monoisotopic (exact) mass is 666 g/mol. The molecule has 3 aromatic carbocycles. The first-order valence-electron chi connectivity index (χ1n) is 16.3. The van der Waals surface area contributed by atoms with Crippen LogP contribution in [0, 0.1) is 5.92 Å². The van der Waals surface area contributed by atoms with Crippen molar-refractivity contribution in [3.05, 3.63) is 102 Å². The molecule has 0 aliphatic carbocycles. The van der Waals surface area contributed by atoms with E-state index in [-0.39, 0.29) is 30.9 Å². The number of carbonyl (C=O) groups excluding carboxylic acids is 3. The van der Waals surface area contributed by atoms with Crippen molar-refractivity contribution in [1.82, 2.24) is 25.9 Å². The van der Waals surface area contributed by atoms with E-state index in [0.717, 1.165) is 32.9 Å². The first-order valence-corrected chi connectivity index (χ1v) is 16.3. The van der Waals surface area contributed by atoms with Crippen molar-refractivity contribution in [2.24, 2.45) is 11.7 Å². The van der Waals surface area contributed by atoms with Crippen LogP contribution in [0.4, 0.5) is 0 Å². The number of hydrogen-bond acceptors (Lipinski definition) is 6. The molecule has 0 aliphatic heterocycles. The first kappa shape index (κ1) is 34.7. The van der Waals surface area contributed by atoms with Gasteiger partial charge in [0, 0.05) is 47.0 Å². The summed E-state index contributed by atoms with van der Waals surface area (Å²) in [5.74, 6) is -3.34. The van der Waals surface area contributed by atoms with Gasteiger partial charge in [0.05, 0.1) is 6.04 Å². The van der Waals surface area contributed by atoms with E-state index in [0.29, 0.717) is 12.0 Å². The summed E-state index contributed by atoms with van der Waals surface area (Å²) in [6.07, 6.45) is 4.36. The lowest BCUT2D eigenvalue weighted by Gasteiger charge is -2.28. The Morgan fingerprint density at radius 1 is 0.714 bits per heavy atom. The molecule has 0 aliphatic rings. The van der Waals surface area contributed by atoms with Gasteiger partial charge >= 0.3 is 5.97 Å². The number of phenols is 1. The van der Waals surface area contributed by atoms with Crippen molar-refractivity contribution in [2.45, 2.75) is 63.7 Å². The summed E-state index contributed by atoms with van der Waals surface area (Å²) >= 11 is 0.